The van der Waals surface area contributed by atoms with Gasteiger partial charge in [-0.2, -0.15) is 0 Å². The maximum Gasteiger partial charge on any atom is 0.335 e. The van der Waals surface area contributed by atoms with Gasteiger partial charge in [-0.05, 0) is 60.4 Å². The lowest BCUT2D eigenvalue weighted by atomic mass is 9.73. The highest BCUT2D eigenvalue weighted by atomic mass is 127. The molecule has 18 heavy (non-hydrogen) atoms. The Labute approximate surface area is 121 Å². The minimum Gasteiger partial charge on any atom is -0.486 e. The van der Waals surface area contributed by atoms with Gasteiger partial charge in [0, 0.05) is 5.56 Å². The molecule has 2 rings (SSSR count). The number of carbonyl (C=O) groups is 1. The van der Waals surface area contributed by atoms with Crippen LogP contribution in [0.25, 0.3) is 0 Å². The zero-order chi connectivity index (χ0) is 13.7. The van der Waals surface area contributed by atoms with Crippen LogP contribution in [0.3, 0.4) is 0 Å². The van der Waals surface area contributed by atoms with Crippen LogP contribution >= 0.6 is 22.6 Å². The molecule has 1 N–H and O–H groups in total. The third-order valence-electron chi connectivity index (χ3n) is 3.27. The highest BCUT2D eigenvalue weighted by Crippen LogP contribution is 2.46. The van der Waals surface area contributed by atoms with Crippen LogP contribution in [-0.4, -0.2) is 16.7 Å². The number of rotatable bonds is 1. The number of carboxylic acids is 1. The molecule has 0 spiro atoms. The Morgan fingerprint density at radius 3 is 2.50 bits per heavy atom. The number of hydrogen-bond acceptors (Lipinski definition) is 2. The van der Waals surface area contributed by atoms with E-state index in [4.69, 9.17) is 9.84 Å². The third-order valence-corrected chi connectivity index (χ3v) is 4.07. The molecule has 98 valence electrons. The molecule has 0 aliphatic carbocycles. The summed E-state index contributed by atoms with van der Waals surface area (Å²) in [6, 6.07) is 3.41. The van der Waals surface area contributed by atoms with Crippen molar-refractivity contribution in [2.24, 2.45) is 0 Å². The number of benzene rings is 1. The van der Waals surface area contributed by atoms with Crippen LogP contribution in [0.2, 0.25) is 0 Å². The van der Waals surface area contributed by atoms with Crippen LogP contribution in [0.1, 0.15) is 50.0 Å². The SMILES string of the molecule is CC1(C)CC(C)(C)c2cc(C(=O)O)cc(I)c2O1. The average molecular weight is 360 g/mol. The topological polar surface area (TPSA) is 46.5 Å². The van der Waals surface area contributed by atoms with E-state index < -0.39 is 5.97 Å². The summed E-state index contributed by atoms with van der Waals surface area (Å²) in [5, 5.41) is 9.14. The zero-order valence-electron chi connectivity index (χ0n) is 11.0. The predicted octanol–water partition coefficient (Wildman–Crippen LogP) is 3.83. The molecule has 0 atom stereocenters. The number of halogens is 1. The van der Waals surface area contributed by atoms with Crippen LogP contribution in [-0.2, 0) is 5.41 Å². The van der Waals surface area contributed by atoms with Crippen molar-refractivity contribution in [1.29, 1.82) is 0 Å². The monoisotopic (exact) mass is 360 g/mol. The maximum atomic E-state index is 11.1. The van der Waals surface area contributed by atoms with Crippen molar-refractivity contribution in [2.45, 2.75) is 45.1 Å². The molecule has 1 aliphatic heterocycles. The van der Waals surface area contributed by atoms with Gasteiger partial charge >= 0.3 is 5.97 Å². The molecule has 1 aromatic rings. The van der Waals surface area contributed by atoms with Crippen molar-refractivity contribution in [2.75, 3.05) is 0 Å². The summed E-state index contributed by atoms with van der Waals surface area (Å²) in [7, 11) is 0. The molecule has 1 aliphatic rings. The average Bonchev–Trinajstić information content (AvgIpc) is 2.16. The Bertz CT molecular complexity index is 518. The molecule has 1 aromatic carbocycles. The first kappa shape index (κ1) is 13.6. The first-order valence-corrected chi connectivity index (χ1v) is 6.97. The summed E-state index contributed by atoms with van der Waals surface area (Å²) >= 11 is 2.15. The Morgan fingerprint density at radius 2 is 1.94 bits per heavy atom. The first-order chi connectivity index (χ1) is 8.12. The number of fused-ring (bicyclic) bond motifs is 1. The summed E-state index contributed by atoms with van der Waals surface area (Å²) in [4.78, 5) is 11.1. The highest BCUT2D eigenvalue weighted by Gasteiger charge is 2.40. The third kappa shape index (κ3) is 2.35. The van der Waals surface area contributed by atoms with Crippen molar-refractivity contribution < 1.29 is 14.6 Å². The molecule has 0 bridgehead atoms. The van der Waals surface area contributed by atoms with Gasteiger partial charge in [0.2, 0.25) is 0 Å². The standard InChI is InChI=1S/C14H17IO3/c1-13(2)7-14(3,4)18-11-9(13)5-8(12(16)17)6-10(11)15/h5-6H,7H2,1-4H3,(H,16,17). The van der Waals surface area contributed by atoms with E-state index in [1.54, 1.807) is 12.1 Å². The van der Waals surface area contributed by atoms with Gasteiger partial charge in [0.05, 0.1) is 9.13 Å². The van der Waals surface area contributed by atoms with E-state index in [1.807, 2.05) is 0 Å². The fourth-order valence-corrected chi connectivity index (χ4v) is 3.53. The highest BCUT2D eigenvalue weighted by molar-refractivity contribution is 14.1. The van der Waals surface area contributed by atoms with E-state index in [1.165, 1.54) is 0 Å². The van der Waals surface area contributed by atoms with Crippen molar-refractivity contribution in [1.82, 2.24) is 0 Å². The molecule has 0 saturated heterocycles. The van der Waals surface area contributed by atoms with Crippen molar-refractivity contribution >= 4 is 28.6 Å². The Hall–Kier alpha value is -0.780. The molecule has 0 saturated carbocycles. The second-order valence-corrected chi connectivity index (χ2v) is 7.22. The van der Waals surface area contributed by atoms with Crippen LogP contribution in [0.5, 0.6) is 5.75 Å². The summed E-state index contributed by atoms with van der Waals surface area (Å²) in [5.41, 5.74) is 1.02. The van der Waals surface area contributed by atoms with Crippen molar-refractivity contribution in [3.05, 3.63) is 26.8 Å². The van der Waals surface area contributed by atoms with E-state index in [-0.39, 0.29) is 11.0 Å². The molecule has 4 heteroatoms. The molecule has 0 amide bonds. The summed E-state index contributed by atoms with van der Waals surface area (Å²) < 4.78 is 6.88. The van der Waals surface area contributed by atoms with E-state index in [0.717, 1.165) is 21.3 Å². The van der Waals surface area contributed by atoms with Crippen molar-refractivity contribution in [3.63, 3.8) is 0 Å². The molecule has 1 heterocycles. The largest absolute Gasteiger partial charge is 0.486 e. The van der Waals surface area contributed by atoms with Crippen LogP contribution in [0.15, 0.2) is 12.1 Å². The maximum absolute atomic E-state index is 11.1. The minimum absolute atomic E-state index is 0.0809. The van der Waals surface area contributed by atoms with Crippen LogP contribution < -0.4 is 4.74 Å². The summed E-state index contributed by atoms with van der Waals surface area (Å²) in [5.74, 6) is -0.0572. The number of ether oxygens (including phenoxy) is 1. The van der Waals surface area contributed by atoms with E-state index in [0.29, 0.717) is 5.56 Å². The van der Waals surface area contributed by atoms with Crippen LogP contribution in [0, 0.1) is 3.57 Å². The van der Waals surface area contributed by atoms with E-state index >= 15 is 0 Å². The van der Waals surface area contributed by atoms with Crippen molar-refractivity contribution in [3.8, 4) is 5.75 Å². The van der Waals surface area contributed by atoms with Gasteiger partial charge in [-0.3, -0.25) is 0 Å². The fraction of sp³-hybridized carbons (Fsp3) is 0.500. The zero-order valence-corrected chi connectivity index (χ0v) is 13.2. The Kier molecular flexibility index (Phi) is 3.12. The smallest absolute Gasteiger partial charge is 0.335 e. The Balaban J connectivity index is 2.66. The van der Waals surface area contributed by atoms with E-state index in [9.17, 15) is 4.79 Å². The second kappa shape index (κ2) is 4.11. The lowest BCUT2D eigenvalue weighted by Crippen LogP contribution is -2.41. The molecular weight excluding hydrogens is 343 g/mol. The van der Waals surface area contributed by atoms with Gasteiger partial charge in [-0.1, -0.05) is 13.8 Å². The minimum atomic E-state index is -0.892. The summed E-state index contributed by atoms with van der Waals surface area (Å²) in [6.07, 6.45) is 0.867. The molecule has 0 aromatic heterocycles. The van der Waals surface area contributed by atoms with Gasteiger partial charge in [0.1, 0.15) is 11.4 Å². The molecule has 3 nitrogen and oxygen atoms in total. The van der Waals surface area contributed by atoms with Gasteiger partial charge in [-0.15, -0.1) is 0 Å². The normalized spacial score (nSPS) is 19.8. The molecule has 0 unspecified atom stereocenters. The fourth-order valence-electron chi connectivity index (χ4n) is 2.80. The number of carboxylic acid groups (broad SMARTS) is 1. The van der Waals surface area contributed by atoms with Gasteiger partial charge in [-0.25, -0.2) is 4.79 Å². The van der Waals surface area contributed by atoms with Crippen LogP contribution in [0.4, 0.5) is 0 Å². The van der Waals surface area contributed by atoms with E-state index in [2.05, 4.69) is 50.3 Å². The number of hydrogen-bond donors (Lipinski definition) is 1. The molecular formula is C14H17IO3. The molecule has 0 fully saturated rings. The predicted molar refractivity (Wildman–Crippen MR) is 78.5 cm³/mol. The lowest BCUT2D eigenvalue weighted by molar-refractivity contribution is 0.0521. The van der Waals surface area contributed by atoms with Gasteiger partial charge in [0.25, 0.3) is 0 Å². The first-order valence-electron chi connectivity index (χ1n) is 5.89. The lowest BCUT2D eigenvalue weighted by Gasteiger charge is -2.43. The van der Waals surface area contributed by atoms with Gasteiger partial charge in [0.15, 0.2) is 0 Å². The Morgan fingerprint density at radius 1 is 1.33 bits per heavy atom. The molecule has 0 radical (unpaired) electrons. The quantitative estimate of drug-likeness (QED) is 0.775. The summed E-state index contributed by atoms with van der Waals surface area (Å²) in [6.45, 7) is 8.41. The van der Waals surface area contributed by atoms with Gasteiger partial charge < -0.3 is 9.84 Å². The number of aromatic carboxylic acids is 1. The second-order valence-electron chi connectivity index (χ2n) is 6.06.